The van der Waals surface area contributed by atoms with E-state index < -0.39 is 0 Å². The molecule has 0 heterocycles. The lowest BCUT2D eigenvalue weighted by atomic mass is 10.2. The van der Waals surface area contributed by atoms with Crippen LogP contribution in [0, 0.1) is 5.92 Å². The van der Waals surface area contributed by atoms with Crippen molar-refractivity contribution in [2.45, 2.75) is 18.8 Å². The molecule has 1 nitrogen and oxygen atoms in total. The van der Waals surface area contributed by atoms with E-state index >= 15 is 0 Å². The van der Waals surface area contributed by atoms with Gasteiger partial charge in [-0.2, -0.15) is 0 Å². The van der Waals surface area contributed by atoms with Crippen molar-refractivity contribution in [3.8, 4) is 0 Å². The Balaban J connectivity index is 3.14. The van der Waals surface area contributed by atoms with E-state index in [1.165, 1.54) is 0 Å². The van der Waals surface area contributed by atoms with Crippen LogP contribution >= 0.6 is 15.9 Å². The molecule has 0 bridgehead atoms. The summed E-state index contributed by atoms with van der Waals surface area (Å²) in [5, 5.41) is 3.08. The van der Waals surface area contributed by atoms with Crippen molar-refractivity contribution < 1.29 is 0 Å². The van der Waals surface area contributed by atoms with Gasteiger partial charge in [-0.1, -0.05) is 29.8 Å². The van der Waals surface area contributed by atoms with Crippen LogP contribution in [-0.2, 0) is 0 Å². The molecule has 44 valence electrons. The van der Waals surface area contributed by atoms with Gasteiger partial charge in [-0.05, 0) is 13.0 Å². The molecule has 0 amide bonds. The molecule has 0 rings (SSSR count). The summed E-state index contributed by atoms with van der Waals surface area (Å²) in [6.07, 6.45) is 0. The van der Waals surface area contributed by atoms with Gasteiger partial charge in [0.05, 0.1) is 4.95 Å². The van der Waals surface area contributed by atoms with Gasteiger partial charge >= 0.3 is 0 Å². The molecule has 0 fully saturated rings. The van der Waals surface area contributed by atoms with Crippen molar-refractivity contribution in [3.05, 3.63) is 0 Å². The third-order valence-corrected chi connectivity index (χ3v) is 2.38. The molecular formula is C5H12BrN. The van der Waals surface area contributed by atoms with Crippen molar-refractivity contribution in [2.75, 3.05) is 7.05 Å². The highest BCUT2D eigenvalue weighted by Gasteiger charge is 2.02. The monoisotopic (exact) mass is 165 g/mol. The Morgan fingerprint density at radius 3 is 1.86 bits per heavy atom. The summed E-state index contributed by atoms with van der Waals surface area (Å²) in [6.45, 7) is 4.33. The quantitative estimate of drug-likeness (QED) is 0.485. The molecule has 0 aliphatic heterocycles. The minimum absolute atomic E-state index is 0.465. The fourth-order valence-electron chi connectivity index (χ4n) is 0.333. The summed E-state index contributed by atoms with van der Waals surface area (Å²) >= 11 is 3.43. The van der Waals surface area contributed by atoms with Crippen molar-refractivity contribution >= 4 is 15.9 Å². The van der Waals surface area contributed by atoms with Crippen LogP contribution in [-0.4, -0.2) is 12.0 Å². The highest BCUT2D eigenvalue weighted by molar-refractivity contribution is 9.09. The van der Waals surface area contributed by atoms with E-state index in [1.54, 1.807) is 0 Å². The summed E-state index contributed by atoms with van der Waals surface area (Å²) in [5.41, 5.74) is 0. The molecule has 0 aromatic carbocycles. The third-order valence-electron chi connectivity index (χ3n) is 0.861. The van der Waals surface area contributed by atoms with Crippen LogP contribution in [0.25, 0.3) is 0 Å². The molecule has 0 aromatic heterocycles. The number of hydrogen-bond donors (Lipinski definition) is 1. The SMILES string of the molecule is CN[C@@H](Br)C(C)C. The first-order chi connectivity index (χ1) is 3.18. The fraction of sp³-hybridized carbons (Fsp3) is 1.00. The second kappa shape index (κ2) is 3.44. The molecule has 0 radical (unpaired) electrons. The van der Waals surface area contributed by atoms with E-state index in [-0.39, 0.29) is 0 Å². The topological polar surface area (TPSA) is 12.0 Å². The molecule has 0 spiro atoms. The van der Waals surface area contributed by atoms with E-state index in [4.69, 9.17) is 0 Å². The number of halogens is 1. The minimum atomic E-state index is 0.465. The first-order valence-electron chi connectivity index (χ1n) is 2.49. The van der Waals surface area contributed by atoms with Crippen molar-refractivity contribution in [1.82, 2.24) is 5.32 Å². The van der Waals surface area contributed by atoms with Gasteiger partial charge in [-0.25, -0.2) is 0 Å². The summed E-state index contributed by atoms with van der Waals surface area (Å²) in [6, 6.07) is 0. The lowest BCUT2D eigenvalue weighted by Crippen LogP contribution is -2.23. The van der Waals surface area contributed by atoms with Crippen LogP contribution in [0.5, 0.6) is 0 Å². The van der Waals surface area contributed by atoms with E-state index in [0.29, 0.717) is 10.9 Å². The Morgan fingerprint density at radius 2 is 1.86 bits per heavy atom. The molecule has 0 aromatic rings. The van der Waals surface area contributed by atoms with Gasteiger partial charge in [0.25, 0.3) is 0 Å². The molecule has 1 atom stereocenters. The van der Waals surface area contributed by atoms with Crippen molar-refractivity contribution in [3.63, 3.8) is 0 Å². The second-order valence-electron chi connectivity index (χ2n) is 1.93. The Hall–Kier alpha value is 0.440. The van der Waals surface area contributed by atoms with Crippen LogP contribution in [0.15, 0.2) is 0 Å². The number of alkyl halides is 1. The number of nitrogens with one attached hydrogen (secondary N) is 1. The average molecular weight is 166 g/mol. The predicted octanol–water partition coefficient (Wildman–Crippen LogP) is 1.58. The Labute approximate surface area is 53.6 Å². The lowest BCUT2D eigenvalue weighted by molar-refractivity contribution is 0.561. The van der Waals surface area contributed by atoms with E-state index in [9.17, 15) is 0 Å². The highest BCUT2D eigenvalue weighted by Crippen LogP contribution is 2.05. The summed E-state index contributed by atoms with van der Waals surface area (Å²) in [7, 11) is 1.94. The van der Waals surface area contributed by atoms with Crippen molar-refractivity contribution in [2.24, 2.45) is 5.92 Å². The zero-order valence-corrected chi connectivity index (χ0v) is 6.62. The van der Waals surface area contributed by atoms with Gasteiger partial charge < -0.3 is 5.32 Å². The molecule has 2 heteroatoms. The molecule has 7 heavy (non-hydrogen) atoms. The van der Waals surface area contributed by atoms with Gasteiger partial charge in [0, 0.05) is 0 Å². The molecule has 0 aliphatic rings. The minimum Gasteiger partial charge on any atom is -0.308 e. The highest BCUT2D eigenvalue weighted by atomic mass is 79.9. The fourth-order valence-corrected chi connectivity index (χ4v) is 0.333. The molecule has 1 N–H and O–H groups in total. The molecular weight excluding hydrogens is 154 g/mol. The first kappa shape index (κ1) is 7.44. The zero-order chi connectivity index (χ0) is 5.86. The van der Waals surface area contributed by atoms with Crippen LogP contribution in [0.1, 0.15) is 13.8 Å². The van der Waals surface area contributed by atoms with Crippen LogP contribution < -0.4 is 5.32 Å². The van der Waals surface area contributed by atoms with Gasteiger partial charge in [-0.15, -0.1) is 0 Å². The lowest BCUT2D eigenvalue weighted by Gasteiger charge is -2.10. The van der Waals surface area contributed by atoms with E-state index in [0.717, 1.165) is 0 Å². The smallest absolute Gasteiger partial charge is 0.0651 e. The van der Waals surface area contributed by atoms with Crippen LogP contribution in [0.2, 0.25) is 0 Å². The second-order valence-corrected chi connectivity index (χ2v) is 2.92. The normalized spacial score (nSPS) is 15.0. The van der Waals surface area contributed by atoms with Crippen LogP contribution in [0.3, 0.4) is 0 Å². The third kappa shape index (κ3) is 3.06. The maximum Gasteiger partial charge on any atom is 0.0651 e. The summed E-state index contributed by atoms with van der Waals surface area (Å²) < 4.78 is 0. The number of hydrogen-bond acceptors (Lipinski definition) is 1. The Kier molecular flexibility index (Phi) is 3.66. The molecule has 0 aliphatic carbocycles. The summed E-state index contributed by atoms with van der Waals surface area (Å²) in [4.78, 5) is 0.465. The first-order valence-corrected chi connectivity index (χ1v) is 3.41. The molecule has 0 unspecified atom stereocenters. The molecule has 0 saturated heterocycles. The predicted molar refractivity (Wildman–Crippen MR) is 36.6 cm³/mol. The summed E-state index contributed by atoms with van der Waals surface area (Å²) in [5.74, 6) is 0.671. The van der Waals surface area contributed by atoms with Gasteiger partial charge in [-0.3, -0.25) is 0 Å². The molecule has 0 saturated carbocycles. The van der Waals surface area contributed by atoms with Gasteiger partial charge in [0.15, 0.2) is 0 Å². The van der Waals surface area contributed by atoms with Gasteiger partial charge in [0.1, 0.15) is 0 Å². The van der Waals surface area contributed by atoms with Gasteiger partial charge in [0.2, 0.25) is 0 Å². The van der Waals surface area contributed by atoms with E-state index in [1.807, 2.05) is 7.05 Å². The standard InChI is InChI=1S/C5H12BrN/c1-4(2)5(6)7-3/h4-5,7H,1-3H3/t5-/m1/s1. The number of rotatable bonds is 2. The van der Waals surface area contributed by atoms with Crippen molar-refractivity contribution in [1.29, 1.82) is 0 Å². The average Bonchev–Trinajstić information content (AvgIpc) is 1.65. The Bertz CT molecular complexity index is 45.3. The largest absolute Gasteiger partial charge is 0.308 e. The Morgan fingerprint density at radius 1 is 1.43 bits per heavy atom. The van der Waals surface area contributed by atoms with Crippen LogP contribution in [0.4, 0.5) is 0 Å². The zero-order valence-electron chi connectivity index (χ0n) is 5.03. The maximum atomic E-state index is 3.43. The maximum absolute atomic E-state index is 3.43. The van der Waals surface area contributed by atoms with E-state index in [2.05, 4.69) is 35.1 Å².